The predicted molar refractivity (Wildman–Crippen MR) is 73.4 cm³/mol. The van der Waals surface area contributed by atoms with Crippen LogP contribution in [0.25, 0.3) is 0 Å². The number of carbonyl (C=O) groups is 1. The van der Waals surface area contributed by atoms with Crippen molar-refractivity contribution in [2.75, 3.05) is 7.11 Å². The van der Waals surface area contributed by atoms with E-state index in [0.717, 1.165) is 0 Å². The minimum absolute atomic E-state index is 0.0833. The fraction of sp³-hybridized carbons (Fsp3) is 0.0714. The van der Waals surface area contributed by atoms with E-state index in [-0.39, 0.29) is 5.84 Å². The van der Waals surface area contributed by atoms with Crippen LogP contribution in [0.4, 0.5) is 0 Å². The monoisotopic (exact) mass is 271 g/mol. The number of oxime groups is 1. The highest BCUT2D eigenvalue weighted by atomic mass is 16.7. The molecule has 2 aromatic rings. The van der Waals surface area contributed by atoms with E-state index in [1.165, 1.54) is 6.20 Å². The molecule has 0 unspecified atom stereocenters. The molecule has 0 spiro atoms. The first-order valence-corrected chi connectivity index (χ1v) is 5.80. The zero-order valence-electron chi connectivity index (χ0n) is 10.8. The first kappa shape index (κ1) is 13.5. The fourth-order valence-electron chi connectivity index (χ4n) is 1.44. The van der Waals surface area contributed by atoms with Crippen LogP contribution in [0.3, 0.4) is 0 Å². The Hall–Kier alpha value is -2.89. The molecule has 6 heteroatoms. The van der Waals surface area contributed by atoms with Crippen LogP contribution in [0, 0.1) is 0 Å². The first-order chi connectivity index (χ1) is 9.70. The van der Waals surface area contributed by atoms with Crippen LogP contribution in [0.1, 0.15) is 15.9 Å². The second-order valence-corrected chi connectivity index (χ2v) is 3.83. The van der Waals surface area contributed by atoms with Crippen LogP contribution in [-0.4, -0.2) is 23.9 Å². The third-order valence-corrected chi connectivity index (χ3v) is 2.51. The summed E-state index contributed by atoms with van der Waals surface area (Å²) in [4.78, 5) is 20.4. The van der Waals surface area contributed by atoms with Crippen molar-refractivity contribution in [3.63, 3.8) is 0 Å². The summed E-state index contributed by atoms with van der Waals surface area (Å²) in [5.74, 6) is 0.138. The molecule has 0 amide bonds. The number of ether oxygens (including phenoxy) is 1. The van der Waals surface area contributed by atoms with Crippen molar-refractivity contribution in [1.82, 2.24) is 4.98 Å². The Morgan fingerprint density at radius 3 is 2.55 bits per heavy atom. The van der Waals surface area contributed by atoms with E-state index < -0.39 is 5.97 Å². The third-order valence-electron chi connectivity index (χ3n) is 2.51. The molecule has 0 bridgehead atoms. The number of benzene rings is 1. The zero-order chi connectivity index (χ0) is 14.4. The topological polar surface area (TPSA) is 86.8 Å². The average Bonchev–Trinajstić information content (AvgIpc) is 2.53. The van der Waals surface area contributed by atoms with E-state index in [9.17, 15) is 4.79 Å². The van der Waals surface area contributed by atoms with Crippen LogP contribution in [0.5, 0.6) is 5.75 Å². The second-order valence-electron chi connectivity index (χ2n) is 3.83. The number of aromatic nitrogens is 1. The summed E-state index contributed by atoms with van der Waals surface area (Å²) in [7, 11) is 1.55. The summed E-state index contributed by atoms with van der Waals surface area (Å²) >= 11 is 0. The summed E-state index contributed by atoms with van der Waals surface area (Å²) in [5, 5.41) is 3.59. The van der Waals surface area contributed by atoms with Gasteiger partial charge in [0, 0.05) is 18.0 Å². The Morgan fingerprint density at radius 1 is 1.20 bits per heavy atom. The van der Waals surface area contributed by atoms with E-state index in [1.807, 2.05) is 0 Å². The van der Waals surface area contributed by atoms with Crippen LogP contribution in [-0.2, 0) is 4.84 Å². The standard InChI is InChI=1S/C14H13N3O3/c1-19-12-6-4-10(5-7-12)14(18)20-17-13(15)11-3-2-8-16-9-11/h2-9H,1H3,(H2,15,17). The molecule has 0 radical (unpaired) electrons. The van der Waals surface area contributed by atoms with Crippen LogP contribution < -0.4 is 10.5 Å². The van der Waals surface area contributed by atoms with Gasteiger partial charge in [-0.15, -0.1) is 0 Å². The van der Waals surface area contributed by atoms with E-state index in [0.29, 0.717) is 16.9 Å². The average molecular weight is 271 g/mol. The second kappa shape index (κ2) is 6.33. The van der Waals surface area contributed by atoms with Gasteiger partial charge in [-0.05, 0) is 36.4 Å². The smallest absolute Gasteiger partial charge is 0.365 e. The SMILES string of the molecule is COc1ccc(C(=O)O/N=C(/N)c2cccnc2)cc1. The fourth-order valence-corrected chi connectivity index (χ4v) is 1.44. The maximum Gasteiger partial charge on any atom is 0.365 e. The predicted octanol–water partition coefficient (Wildman–Crippen LogP) is 1.57. The molecule has 1 heterocycles. The molecule has 0 saturated carbocycles. The lowest BCUT2D eigenvalue weighted by atomic mass is 10.2. The largest absolute Gasteiger partial charge is 0.497 e. The molecule has 6 nitrogen and oxygen atoms in total. The van der Waals surface area contributed by atoms with E-state index in [2.05, 4.69) is 10.1 Å². The molecular weight excluding hydrogens is 258 g/mol. The van der Waals surface area contributed by atoms with Crippen molar-refractivity contribution < 1.29 is 14.4 Å². The van der Waals surface area contributed by atoms with Gasteiger partial charge in [0.25, 0.3) is 0 Å². The minimum atomic E-state index is -0.598. The highest BCUT2D eigenvalue weighted by Gasteiger charge is 2.08. The highest BCUT2D eigenvalue weighted by Crippen LogP contribution is 2.12. The molecule has 2 rings (SSSR count). The van der Waals surface area contributed by atoms with Gasteiger partial charge in [0.05, 0.1) is 12.7 Å². The van der Waals surface area contributed by atoms with E-state index in [1.54, 1.807) is 49.7 Å². The molecule has 0 aliphatic carbocycles. The molecule has 1 aromatic heterocycles. The lowest BCUT2D eigenvalue weighted by molar-refractivity contribution is 0.0516. The van der Waals surface area contributed by atoms with Crippen LogP contribution in [0.2, 0.25) is 0 Å². The summed E-state index contributed by atoms with van der Waals surface area (Å²) < 4.78 is 5.00. The van der Waals surface area contributed by atoms with E-state index in [4.69, 9.17) is 15.3 Å². The number of nitrogens with two attached hydrogens (primary N) is 1. The number of carbonyl (C=O) groups excluding carboxylic acids is 1. The normalized spacial score (nSPS) is 10.9. The number of nitrogens with zero attached hydrogens (tertiary/aromatic N) is 2. The Kier molecular flexibility index (Phi) is 4.28. The molecule has 0 aliphatic rings. The lowest BCUT2D eigenvalue weighted by Crippen LogP contribution is -2.15. The molecule has 0 fully saturated rings. The number of methoxy groups -OCH3 is 1. The quantitative estimate of drug-likeness (QED) is 0.395. The van der Waals surface area contributed by atoms with Crippen molar-refractivity contribution in [3.8, 4) is 5.75 Å². The Morgan fingerprint density at radius 2 is 1.95 bits per heavy atom. The van der Waals surface area contributed by atoms with Gasteiger partial charge < -0.3 is 15.3 Å². The minimum Gasteiger partial charge on any atom is -0.497 e. The molecule has 1 aromatic carbocycles. The van der Waals surface area contributed by atoms with Gasteiger partial charge in [0.2, 0.25) is 0 Å². The Bertz CT molecular complexity index is 609. The van der Waals surface area contributed by atoms with Crippen molar-refractivity contribution in [1.29, 1.82) is 0 Å². The number of hydrogen-bond acceptors (Lipinski definition) is 5. The molecule has 0 saturated heterocycles. The van der Waals surface area contributed by atoms with Gasteiger partial charge in [-0.25, -0.2) is 4.79 Å². The molecule has 20 heavy (non-hydrogen) atoms. The summed E-state index contributed by atoms with van der Waals surface area (Å²) in [6, 6.07) is 9.90. The van der Waals surface area contributed by atoms with Gasteiger partial charge in [-0.1, -0.05) is 5.16 Å². The number of pyridine rings is 1. The van der Waals surface area contributed by atoms with Gasteiger partial charge in [-0.3, -0.25) is 4.98 Å². The van der Waals surface area contributed by atoms with Crippen LogP contribution >= 0.6 is 0 Å². The number of hydrogen-bond donors (Lipinski definition) is 1. The van der Waals surface area contributed by atoms with Crippen molar-refractivity contribution in [3.05, 3.63) is 59.9 Å². The van der Waals surface area contributed by atoms with Crippen molar-refractivity contribution in [2.24, 2.45) is 10.9 Å². The van der Waals surface area contributed by atoms with E-state index >= 15 is 0 Å². The Labute approximate surface area is 115 Å². The summed E-state index contributed by atoms with van der Waals surface area (Å²) in [5.41, 5.74) is 6.61. The molecule has 102 valence electrons. The Balaban J connectivity index is 2.04. The third kappa shape index (κ3) is 3.32. The highest BCUT2D eigenvalue weighted by molar-refractivity contribution is 5.97. The van der Waals surface area contributed by atoms with Crippen molar-refractivity contribution >= 4 is 11.8 Å². The van der Waals surface area contributed by atoms with Gasteiger partial charge in [-0.2, -0.15) is 0 Å². The van der Waals surface area contributed by atoms with Crippen molar-refractivity contribution in [2.45, 2.75) is 0 Å². The summed E-state index contributed by atoms with van der Waals surface area (Å²) in [6.07, 6.45) is 3.14. The number of amidine groups is 1. The maximum absolute atomic E-state index is 11.7. The zero-order valence-corrected chi connectivity index (χ0v) is 10.8. The lowest BCUT2D eigenvalue weighted by Gasteiger charge is -2.02. The van der Waals surface area contributed by atoms with Crippen LogP contribution in [0.15, 0.2) is 53.9 Å². The molecule has 0 atom stereocenters. The maximum atomic E-state index is 11.7. The van der Waals surface area contributed by atoms with Gasteiger partial charge in [0.15, 0.2) is 5.84 Å². The first-order valence-electron chi connectivity index (χ1n) is 5.80. The molecule has 2 N–H and O–H groups in total. The summed E-state index contributed by atoms with van der Waals surface area (Å²) in [6.45, 7) is 0. The molecular formula is C14H13N3O3. The van der Waals surface area contributed by atoms with Gasteiger partial charge >= 0.3 is 5.97 Å². The number of rotatable bonds is 4. The van der Waals surface area contributed by atoms with Gasteiger partial charge in [0.1, 0.15) is 5.75 Å². The molecule has 0 aliphatic heterocycles.